The first-order chi connectivity index (χ1) is 10.3. The summed E-state index contributed by atoms with van der Waals surface area (Å²) >= 11 is 0. The van der Waals surface area contributed by atoms with E-state index in [1.165, 1.54) is 0 Å². The van der Waals surface area contributed by atoms with Crippen molar-refractivity contribution < 1.29 is 9.47 Å². The molecule has 0 amide bonds. The summed E-state index contributed by atoms with van der Waals surface area (Å²) in [4.78, 5) is 4.46. The second kappa shape index (κ2) is 5.55. The van der Waals surface area contributed by atoms with Crippen LogP contribution in [0.2, 0.25) is 0 Å². The predicted molar refractivity (Wildman–Crippen MR) is 77.2 cm³/mol. The number of imidazole rings is 1. The smallest absolute Gasteiger partial charge is 0.162 e. The number of rotatable bonds is 4. The molecule has 0 atom stereocenters. The largest absolute Gasteiger partial charge is 0.493 e. The molecule has 2 aromatic heterocycles. The number of ether oxygens (including phenoxy) is 2. The van der Waals surface area contributed by atoms with Gasteiger partial charge in [0.1, 0.15) is 12.3 Å². The van der Waals surface area contributed by atoms with Crippen LogP contribution in [0.1, 0.15) is 11.3 Å². The van der Waals surface area contributed by atoms with Gasteiger partial charge in [0.2, 0.25) is 0 Å². The maximum atomic E-state index is 8.88. The van der Waals surface area contributed by atoms with Crippen molar-refractivity contribution in [1.82, 2.24) is 9.38 Å². The monoisotopic (exact) mass is 279 g/mol. The van der Waals surface area contributed by atoms with Crippen molar-refractivity contribution in [3.63, 3.8) is 0 Å². The van der Waals surface area contributed by atoms with Crippen molar-refractivity contribution in [2.45, 2.75) is 6.61 Å². The number of hydrogen-bond acceptors (Lipinski definition) is 4. The maximum Gasteiger partial charge on any atom is 0.162 e. The number of pyridine rings is 1. The molecule has 2 heterocycles. The Morgan fingerprint density at radius 2 is 2.14 bits per heavy atom. The standard InChI is InChI=1S/C16H13N3O2/c1-20-15-8-12(9-17)5-6-14(15)21-11-13-10-19-7-3-2-4-16(19)18-13/h2-8,10H,11H2,1H3. The number of benzene rings is 1. The first kappa shape index (κ1) is 13.0. The molecule has 0 radical (unpaired) electrons. The third kappa shape index (κ3) is 2.65. The van der Waals surface area contributed by atoms with Crippen LogP contribution in [0.15, 0.2) is 48.8 Å². The van der Waals surface area contributed by atoms with Gasteiger partial charge >= 0.3 is 0 Å². The Bertz CT molecular complexity index is 785. The summed E-state index contributed by atoms with van der Waals surface area (Å²) < 4.78 is 12.9. The number of nitriles is 1. The Balaban J connectivity index is 1.79. The van der Waals surface area contributed by atoms with E-state index in [1.807, 2.05) is 35.0 Å². The van der Waals surface area contributed by atoms with Crippen LogP contribution in [0, 0.1) is 11.3 Å². The lowest BCUT2D eigenvalue weighted by molar-refractivity contribution is 0.281. The van der Waals surface area contributed by atoms with Gasteiger partial charge in [0.15, 0.2) is 11.5 Å². The summed E-state index contributed by atoms with van der Waals surface area (Å²) in [6, 6.07) is 13.0. The molecule has 21 heavy (non-hydrogen) atoms. The average Bonchev–Trinajstić information content (AvgIpc) is 2.95. The Labute approximate surface area is 122 Å². The molecule has 0 fully saturated rings. The lowest BCUT2D eigenvalue weighted by atomic mass is 10.2. The average molecular weight is 279 g/mol. The molecule has 5 heteroatoms. The number of fused-ring (bicyclic) bond motifs is 1. The molecule has 0 aliphatic heterocycles. The van der Waals surface area contributed by atoms with Crippen molar-refractivity contribution in [1.29, 1.82) is 5.26 Å². The third-order valence-corrected chi connectivity index (χ3v) is 3.08. The molecule has 0 unspecified atom stereocenters. The predicted octanol–water partition coefficient (Wildman–Crippen LogP) is 2.79. The molecule has 0 aliphatic carbocycles. The van der Waals surface area contributed by atoms with E-state index >= 15 is 0 Å². The first-order valence-electron chi connectivity index (χ1n) is 6.43. The van der Waals surface area contributed by atoms with Crippen molar-refractivity contribution in [2.24, 2.45) is 0 Å². The number of aromatic nitrogens is 2. The summed E-state index contributed by atoms with van der Waals surface area (Å²) in [6.45, 7) is 0.337. The number of hydrogen-bond donors (Lipinski definition) is 0. The van der Waals surface area contributed by atoms with E-state index in [0.717, 1.165) is 11.3 Å². The van der Waals surface area contributed by atoms with Crippen LogP contribution in [0.25, 0.3) is 5.65 Å². The minimum absolute atomic E-state index is 0.337. The summed E-state index contributed by atoms with van der Waals surface area (Å²) in [5.74, 6) is 1.13. The van der Waals surface area contributed by atoms with Crippen LogP contribution in [0.5, 0.6) is 11.5 Å². The Morgan fingerprint density at radius 1 is 1.24 bits per heavy atom. The fourth-order valence-corrected chi connectivity index (χ4v) is 2.06. The molecule has 0 aliphatic rings. The van der Waals surface area contributed by atoms with Crippen molar-refractivity contribution in [3.8, 4) is 17.6 Å². The van der Waals surface area contributed by atoms with Crippen LogP contribution in [0.4, 0.5) is 0 Å². The first-order valence-corrected chi connectivity index (χ1v) is 6.43. The Kier molecular flexibility index (Phi) is 3.44. The van der Waals surface area contributed by atoms with Crippen molar-refractivity contribution in [2.75, 3.05) is 7.11 Å². The van der Waals surface area contributed by atoms with Gasteiger partial charge in [-0.05, 0) is 24.3 Å². The minimum Gasteiger partial charge on any atom is -0.493 e. The second-order valence-corrected chi connectivity index (χ2v) is 4.46. The van der Waals surface area contributed by atoms with Gasteiger partial charge < -0.3 is 13.9 Å². The lowest BCUT2D eigenvalue weighted by Crippen LogP contribution is -1.98. The summed E-state index contributed by atoms with van der Waals surface area (Å²) in [7, 11) is 1.55. The van der Waals surface area contributed by atoms with Crippen LogP contribution in [-0.4, -0.2) is 16.5 Å². The molecule has 0 spiro atoms. The fourth-order valence-electron chi connectivity index (χ4n) is 2.06. The molecule has 0 bridgehead atoms. The highest BCUT2D eigenvalue weighted by Crippen LogP contribution is 2.28. The molecule has 3 rings (SSSR count). The highest BCUT2D eigenvalue weighted by molar-refractivity contribution is 5.47. The molecular weight excluding hydrogens is 266 g/mol. The lowest BCUT2D eigenvalue weighted by Gasteiger charge is -2.09. The third-order valence-electron chi connectivity index (χ3n) is 3.08. The van der Waals surface area contributed by atoms with Gasteiger partial charge in [-0.2, -0.15) is 5.26 Å². The quantitative estimate of drug-likeness (QED) is 0.736. The summed E-state index contributed by atoms with van der Waals surface area (Å²) in [5, 5.41) is 8.88. The Morgan fingerprint density at radius 3 is 2.90 bits per heavy atom. The topological polar surface area (TPSA) is 59.5 Å². The van der Waals surface area contributed by atoms with Gasteiger partial charge in [0.25, 0.3) is 0 Å². The van der Waals surface area contributed by atoms with E-state index in [1.54, 1.807) is 25.3 Å². The molecule has 0 N–H and O–H groups in total. The maximum absolute atomic E-state index is 8.88. The van der Waals surface area contributed by atoms with Crippen LogP contribution in [-0.2, 0) is 6.61 Å². The van der Waals surface area contributed by atoms with Crippen molar-refractivity contribution in [3.05, 3.63) is 60.0 Å². The highest BCUT2D eigenvalue weighted by atomic mass is 16.5. The fraction of sp³-hybridized carbons (Fsp3) is 0.125. The van der Waals surface area contributed by atoms with E-state index in [0.29, 0.717) is 23.7 Å². The molecule has 3 aromatic rings. The van der Waals surface area contributed by atoms with E-state index in [9.17, 15) is 0 Å². The zero-order valence-electron chi connectivity index (χ0n) is 11.5. The molecule has 0 saturated carbocycles. The molecule has 104 valence electrons. The van der Waals surface area contributed by atoms with Gasteiger partial charge in [0.05, 0.1) is 24.4 Å². The van der Waals surface area contributed by atoms with Crippen LogP contribution >= 0.6 is 0 Å². The van der Waals surface area contributed by atoms with E-state index in [4.69, 9.17) is 14.7 Å². The number of methoxy groups -OCH3 is 1. The van der Waals surface area contributed by atoms with Gasteiger partial charge in [-0.25, -0.2) is 4.98 Å². The van der Waals surface area contributed by atoms with E-state index in [-0.39, 0.29) is 0 Å². The van der Waals surface area contributed by atoms with Gasteiger partial charge in [-0.3, -0.25) is 0 Å². The molecule has 1 aromatic carbocycles. The van der Waals surface area contributed by atoms with Gasteiger partial charge in [0, 0.05) is 18.5 Å². The van der Waals surface area contributed by atoms with Crippen LogP contribution in [0.3, 0.4) is 0 Å². The molecule has 0 saturated heterocycles. The minimum atomic E-state index is 0.337. The van der Waals surface area contributed by atoms with Crippen molar-refractivity contribution >= 4 is 5.65 Å². The summed E-state index contributed by atoms with van der Waals surface area (Å²) in [6.07, 6.45) is 3.86. The van der Waals surface area contributed by atoms with E-state index in [2.05, 4.69) is 11.1 Å². The Hall–Kier alpha value is -3.00. The number of nitrogens with zero attached hydrogens (tertiary/aromatic N) is 3. The summed E-state index contributed by atoms with van der Waals surface area (Å²) in [5.41, 5.74) is 2.24. The normalized spacial score (nSPS) is 10.3. The second-order valence-electron chi connectivity index (χ2n) is 4.46. The van der Waals surface area contributed by atoms with Gasteiger partial charge in [-0.15, -0.1) is 0 Å². The highest BCUT2D eigenvalue weighted by Gasteiger charge is 2.07. The zero-order valence-corrected chi connectivity index (χ0v) is 11.5. The van der Waals surface area contributed by atoms with Gasteiger partial charge in [-0.1, -0.05) is 6.07 Å². The SMILES string of the molecule is COc1cc(C#N)ccc1OCc1cn2ccccc2n1. The molecule has 5 nitrogen and oxygen atoms in total. The van der Waals surface area contributed by atoms with E-state index < -0.39 is 0 Å². The zero-order chi connectivity index (χ0) is 14.7. The van der Waals surface area contributed by atoms with Crippen LogP contribution < -0.4 is 9.47 Å². The molecular formula is C16H13N3O2.